The number of nitrogens with zero attached hydrogens (tertiary/aromatic N) is 3. The number of ether oxygens (including phenoxy) is 1. The third-order valence-corrected chi connectivity index (χ3v) is 5.07. The van der Waals surface area contributed by atoms with Crippen LogP contribution in [0.25, 0.3) is 10.9 Å². The highest BCUT2D eigenvalue weighted by Crippen LogP contribution is 2.35. The molecule has 3 rings (SSSR count). The molecule has 2 aromatic carbocycles. The van der Waals surface area contributed by atoms with Crippen molar-refractivity contribution in [1.82, 2.24) is 9.97 Å². The van der Waals surface area contributed by atoms with E-state index >= 15 is 0 Å². The van der Waals surface area contributed by atoms with Crippen LogP contribution in [-0.4, -0.2) is 42.8 Å². The lowest BCUT2D eigenvalue weighted by Crippen LogP contribution is -2.06. The van der Waals surface area contributed by atoms with Gasteiger partial charge in [-0.05, 0) is 31.0 Å². The van der Waals surface area contributed by atoms with Gasteiger partial charge in [-0.3, -0.25) is 14.3 Å². The second kappa shape index (κ2) is 10.0. The molecular weight excluding hydrogens is 467 g/mol. The fraction of sp³-hybridized carbons (Fsp3) is 0.263. The van der Waals surface area contributed by atoms with E-state index in [0.717, 1.165) is 6.26 Å². The molecule has 0 aliphatic carbocycles. The summed E-state index contributed by atoms with van der Waals surface area (Å²) in [6.45, 7) is 0.113. The SMILES string of the molecule is CS(=O)(=O)OCCCCOc1cc2ncnc(Nc3ccc(F)c(Cl)c3)c2cc1[N+](=O)[O-]. The molecule has 0 aliphatic heterocycles. The van der Waals surface area contributed by atoms with Crippen LogP contribution in [0.3, 0.4) is 0 Å². The van der Waals surface area contributed by atoms with E-state index in [1.54, 1.807) is 0 Å². The zero-order valence-corrected chi connectivity index (χ0v) is 18.3. The number of hydrogen-bond acceptors (Lipinski definition) is 9. The number of nitro benzene ring substituents is 1. The lowest BCUT2D eigenvalue weighted by Gasteiger charge is -2.11. The standard InChI is InChI=1S/C19H18ClFN4O6S/c1-32(28,29)31-7-3-2-6-30-18-10-16-13(9-17(18)25(26)27)19(23-11-22-16)24-12-4-5-15(21)14(20)8-12/h4-5,8-11H,2-3,6-7H2,1H3,(H,22,23,24). The largest absolute Gasteiger partial charge is 0.487 e. The van der Waals surface area contributed by atoms with Gasteiger partial charge in [0.25, 0.3) is 10.1 Å². The van der Waals surface area contributed by atoms with Crippen molar-refractivity contribution in [2.24, 2.45) is 0 Å². The van der Waals surface area contributed by atoms with Crippen molar-refractivity contribution in [3.8, 4) is 5.75 Å². The van der Waals surface area contributed by atoms with Crippen LogP contribution in [0.15, 0.2) is 36.7 Å². The molecule has 0 atom stereocenters. The van der Waals surface area contributed by atoms with Gasteiger partial charge in [-0.2, -0.15) is 8.42 Å². The third kappa shape index (κ3) is 6.22. The van der Waals surface area contributed by atoms with Crippen molar-refractivity contribution < 1.29 is 26.7 Å². The Hall–Kier alpha value is -3.09. The lowest BCUT2D eigenvalue weighted by atomic mass is 10.2. The highest BCUT2D eigenvalue weighted by atomic mass is 35.5. The van der Waals surface area contributed by atoms with Crippen molar-refractivity contribution in [1.29, 1.82) is 0 Å². The molecular formula is C19H18ClFN4O6S. The number of aromatic nitrogens is 2. The molecule has 0 fully saturated rings. The Bertz CT molecular complexity index is 1260. The van der Waals surface area contributed by atoms with Gasteiger partial charge in [0.05, 0.1) is 40.3 Å². The van der Waals surface area contributed by atoms with Crippen LogP contribution in [0.5, 0.6) is 5.75 Å². The fourth-order valence-electron chi connectivity index (χ4n) is 2.74. The van der Waals surface area contributed by atoms with Crippen LogP contribution < -0.4 is 10.1 Å². The first kappa shape index (κ1) is 23.6. The summed E-state index contributed by atoms with van der Waals surface area (Å²) >= 11 is 5.80. The first-order valence-corrected chi connectivity index (χ1v) is 11.5. The zero-order valence-electron chi connectivity index (χ0n) is 16.7. The predicted octanol–water partition coefficient (Wildman–Crippen LogP) is 4.21. The summed E-state index contributed by atoms with van der Waals surface area (Å²) in [6.07, 6.45) is 3.04. The summed E-state index contributed by atoms with van der Waals surface area (Å²) in [5.74, 6) is -0.295. The minimum absolute atomic E-state index is 0.00232. The van der Waals surface area contributed by atoms with E-state index in [9.17, 15) is 22.9 Å². The lowest BCUT2D eigenvalue weighted by molar-refractivity contribution is -0.385. The van der Waals surface area contributed by atoms with E-state index in [2.05, 4.69) is 19.5 Å². The summed E-state index contributed by atoms with van der Waals surface area (Å²) < 4.78 is 45.4. The van der Waals surface area contributed by atoms with E-state index in [1.165, 1.54) is 36.7 Å². The molecule has 0 radical (unpaired) electrons. The van der Waals surface area contributed by atoms with Crippen molar-refractivity contribution in [3.63, 3.8) is 0 Å². The molecule has 0 saturated heterocycles. The number of anilines is 2. The number of nitrogens with one attached hydrogen (secondary N) is 1. The molecule has 1 heterocycles. The summed E-state index contributed by atoms with van der Waals surface area (Å²) in [7, 11) is -3.51. The molecule has 0 amide bonds. The van der Waals surface area contributed by atoms with E-state index in [4.69, 9.17) is 16.3 Å². The Morgan fingerprint density at radius 1 is 1.19 bits per heavy atom. The summed E-state index contributed by atoms with van der Waals surface area (Å²) in [5.41, 5.74) is 0.535. The Morgan fingerprint density at radius 3 is 2.62 bits per heavy atom. The van der Waals surface area contributed by atoms with Gasteiger partial charge in [0, 0.05) is 17.8 Å². The molecule has 0 unspecified atom stereocenters. The first-order chi connectivity index (χ1) is 15.1. The third-order valence-electron chi connectivity index (χ3n) is 4.19. The van der Waals surface area contributed by atoms with Gasteiger partial charge in [0.1, 0.15) is 18.0 Å². The molecule has 13 heteroatoms. The predicted molar refractivity (Wildman–Crippen MR) is 116 cm³/mol. The Morgan fingerprint density at radius 2 is 1.94 bits per heavy atom. The quantitative estimate of drug-likeness (QED) is 0.194. The van der Waals surface area contributed by atoms with Gasteiger partial charge in [0.2, 0.25) is 0 Å². The number of nitro groups is 1. The normalized spacial score (nSPS) is 11.5. The highest BCUT2D eigenvalue weighted by molar-refractivity contribution is 7.85. The van der Waals surface area contributed by atoms with Crippen molar-refractivity contribution >= 4 is 49.8 Å². The number of hydrogen-bond donors (Lipinski definition) is 1. The van der Waals surface area contributed by atoms with E-state index in [-0.39, 0.29) is 35.5 Å². The molecule has 170 valence electrons. The Balaban J connectivity index is 1.79. The minimum atomic E-state index is -3.51. The molecule has 0 aliphatic rings. The average Bonchev–Trinajstić information content (AvgIpc) is 2.72. The molecule has 10 nitrogen and oxygen atoms in total. The van der Waals surface area contributed by atoms with Crippen LogP contribution in [0.1, 0.15) is 12.8 Å². The number of halogens is 2. The number of fused-ring (bicyclic) bond motifs is 1. The minimum Gasteiger partial charge on any atom is -0.487 e. The van der Waals surface area contributed by atoms with E-state index < -0.39 is 20.9 Å². The van der Waals surface area contributed by atoms with Crippen LogP contribution in [0.2, 0.25) is 5.02 Å². The smallest absolute Gasteiger partial charge is 0.311 e. The maximum atomic E-state index is 13.4. The van der Waals surface area contributed by atoms with Gasteiger partial charge in [0.15, 0.2) is 5.75 Å². The molecule has 0 spiro atoms. The van der Waals surface area contributed by atoms with E-state index in [0.29, 0.717) is 29.4 Å². The Kier molecular flexibility index (Phi) is 7.38. The summed E-state index contributed by atoms with van der Waals surface area (Å²) in [5, 5.41) is 14.8. The maximum Gasteiger partial charge on any atom is 0.311 e. The van der Waals surface area contributed by atoms with Gasteiger partial charge < -0.3 is 10.1 Å². The van der Waals surface area contributed by atoms with Crippen molar-refractivity contribution in [2.75, 3.05) is 24.8 Å². The molecule has 0 bridgehead atoms. The van der Waals surface area contributed by atoms with Crippen molar-refractivity contribution in [2.45, 2.75) is 12.8 Å². The van der Waals surface area contributed by atoms with Gasteiger partial charge in [-0.1, -0.05) is 11.6 Å². The van der Waals surface area contributed by atoms with Crippen molar-refractivity contribution in [3.05, 3.63) is 57.6 Å². The molecule has 32 heavy (non-hydrogen) atoms. The Labute approximate surface area is 187 Å². The fourth-order valence-corrected chi connectivity index (χ4v) is 3.34. The second-order valence-electron chi connectivity index (χ2n) is 6.65. The molecule has 0 saturated carbocycles. The summed E-state index contributed by atoms with van der Waals surface area (Å²) in [4.78, 5) is 19.2. The molecule has 1 N–H and O–H groups in total. The summed E-state index contributed by atoms with van der Waals surface area (Å²) in [6, 6.07) is 6.71. The van der Waals surface area contributed by atoms with E-state index in [1.807, 2.05) is 0 Å². The monoisotopic (exact) mass is 484 g/mol. The molecule has 1 aromatic heterocycles. The van der Waals surface area contributed by atoms with Crippen LogP contribution in [-0.2, 0) is 14.3 Å². The van der Waals surface area contributed by atoms with Crippen LogP contribution in [0.4, 0.5) is 21.6 Å². The zero-order chi connectivity index (χ0) is 23.3. The number of rotatable bonds is 10. The molecule has 3 aromatic rings. The second-order valence-corrected chi connectivity index (χ2v) is 8.70. The van der Waals surface area contributed by atoms with Crippen LogP contribution >= 0.6 is 11.6 Å². The highest BCUT2D eigenvalue weighted by Gasteiger charge is 2.19. The van der Waals surface area contributed by atoms with Gasteiger partial charge in [-0.25, -0.2) is 14.4 Å². The van der Waals surface area contributed by atoms with Crippen LogP contribution in [0, 0.1) is 15.9 Å². The average molecular weight is 485 g/mol. The number of unbranched alkanes of at least 4 members (excludes halogenated alkanes) is 1. The topological polar surface area (TPSA) is 134 Å². The van der Waals surface area contributed by atoms with Gasteiger partial charge in [-0.15, -0.1) is 0 Å². The van der Waals surface area contributed by atoms with Gasteiger partial charge >= 0.3 is 5.69 Å². The number of benzene rings is 2. The maximum absolute atomic E-state index is 13.4. The first-order valence-electron chi connectivity index (χ1n) is 9.26.